The number of pyridine rings is 1. The fraction of sp³-hybridized carbons (Fsp3) is 0.208. The van der Waals surface area contributed by atoms with Crippen molar-refractivity contribution >= 4 is 22.4 Å². The second-order valence-corrected chi connectivity index (χ2v) is 8.81. The summed E-state index contributed by atoms with van der Waals surface area (Å²) < 4.78 is 55.4. The Balaban J connectivity index is 1.68. The van der Waals surface area contributed by atoms with Crippen LogP contribution in [-0.2, 0) is 12.7 Å². The summed E-state index contributed by atoms with van der Waals surface area (Å²) >= 11 is 0. The number of rotatable bonds is 3. The van der Waals surface area contributed by atoms with Crippen molar-refractivity contribution in [2.24, 2.45) is 0 Å². The lowest BCUT2D eigenvalue weighted by atomic mass is 10.1. The van der Waals surface area contributed by atoms with Crippen LogP contribution in [0.4, 0.5) is 28.9 Å². The first kappa shape index (κ1) is 21.4. The molecule has 2 aromatic carbocycles. The fourth-order valence-electron chi connectivity index (χ4n) is 4.38. The van der Waals surface area contributed by atoms with E-state index in [1.165, 1.54) is 24.3 Å². The summed E-state index contributed by atoms with van der Waals surface area (Å²) in [6.07, 6.45) is -4.74. The minimum absolute atomic E-state index is 0.157. The number of fused-ring (bicyclic) bond motifs is 2. The third-order valence-corrected chi connectivity index (χ3v) is 6.07. The number of H-pyrrole nitrogens is 1. The number of aromatic nitrogens is 2. The number of nitrogens with zero attached hydrogens (tertiary/aromatic N) is 2. The van der Waals surface area contributed by atoms with Crippen LogP contribution in [0.3, 0.4) is 0 Å². The molecule has 0 spiro atoms. The van der Waals surface area contributed by atoms with Gasteiger partial charge in [0.15, 0.2) is 0 Å². The second kappa shape index (κ2) is 7.29. The molecule has 33 heavy (non-hydrogen) atoms. The number of anilines is 2. The Kier molecular flexibility index (Phi) is 4.73. The Morgan fingerprint density at radius 1 is 1.12 bits per heavy atom. The molecule has 3 heterocycles. The SMILES string of the molecule is C[N+]1(C)Cc2cccc(Nc3c(C(F)(F)F)cnc4[nH]c(-c5ccc(F)cc5)cc34)c2C1O. The molecule has 0 aliphatic carbocycles. The van der Waals surface area contributed by atoms with Crippen LogP contribution < -0.4 is 5.32 Å². The maximum absolute atomic E-state index is 13.9. The van der Waals surface area contributed by atoms with E-state index in [1.54, 1.807) is 18.2 Å². The van der Waals surface area contributed by atoms with Crippen LogP contribution in [0.5, 0.6) is 0 Å². The van der Waals surface area contributed by atoms with E-state index in [1.807, 2.05) is 20.2 Å². The smallest absolute Gasteiger partial charge is 0.354 e. The summed E-state index contributed by atoms with van der Waals surface area (Å²) in [5.41, 5.74) is 2.17. The molecule has 0 bridgehead atoms. The summed E-state index contributed by atoms with van der Waals surface area (Å²) in [7, 11) is 3.72. The molecule has 1 aliphatic rings. The van der Waals surface area contributed by atoms with Crippen molar-refractivity contribution in [3.63, 3.8) is 0 Å². The molecule has 0 amide bonds. The zero-order valence-electron chi connectivity index (χ0n) is 17.8. The first-order valence-electron chi connectivity index (χ1n) is 10.3. The maximum Gasteiger partial charge on any atom is 0.419 e. The molecule has 0 saturated carbocycles. The normalized spacial score (nSPS) is 17.4. The molecule has 5 rings (SSSR count). The predicted octanol–water partition coefficient (Wildman–Crippen LogP) is 5.71. The Morgan fingerprint density at radius 3 is 2.55 bits per heavy atom. The molecular weight excluding hydrogens is 436 g/mol. The molecule has 1 atom stereocenters. The molecule has 1 aliphatic heterocycles. The van der Waals surface area contributed by atoms with Crippen LogP contribution in [0, 0.1) is 5.82 Å². The van der Waals surface area contributed by atoms with Crippen molar-refractivity contribution < 1.29 is 27.2 Å². The van der Waals surface area contributed by atoms with Gasteiger partial charge >= 0.3 is 6.18 Å². The van der Waals surface area contributed by atoms with E-state index in [9.17, 15) is 22.7 Å². The van der Waals surface area contributed by atoms with Crippen LogP contribution in [0.25, 0.3) is 22.3 Å². The van der Waals surface area contributed by atoms with Gasteiger partial charge in [-0.15, -0.1) is 0 Å². The highest BCUT2D eigenvalue weighted by atomic mass is 19.4. The van der Waals surface area contributed by atoms with E-state index in [0.717, 1.165) is 11.8 Å². The van der Waals surface area contributed by atoms with Crippen molar-refractivity contribution in [1.82, 2.24) is 9.97 Å². The lowest BCUT2D eigenvalue weighted by Gasteiger charge is -2.28. The number of hydrogen-bond acceptors (Lipinski definition) is 3. The predicted molar refractivity (Wildman–Crippen MR) is 117 cm³/mol. The van der Waals surface area contributed by atoms with Gasteiger partial charge in [0, 0.05) is 22.8 Å². The van der Waals surface area contributed by atoms with Gasteiger partial charge in [0.2, 0.25) is 6.23 Å². The van der Waals surface area contributed by atoms with Crippen LogP contribution >= 0.6 is 0 Å². The van der Waals surface area contributed by atoms with Gasteiger partial charge in [-0.25, -0.2) is 9.37 Å². The number of hydrogen-bond donors (Lipinski definition) is 3. The van der Waals surface area contributed by atoms with E-state index in [2.05, 4.69) is 15.3 Å². The Morgan fingerprint density at radius 2 is 1.85 bits per heavy atom. The number of nitrogens with one attached hydrogen (secondary N) is 2. The van der Waals surface area contributed by atoms with Crippen molar-refractivity contribution in [3.05, 3.63) is 77.2 Å². The topological polar surface area (TPSA) is 60.9 Å². The quantitative estimate of drug-likeness (QED) is 0.273. The number of aliphatic hydroxyl groups is 1. The Bertz CT molecular complexity index is 1360. The lowest BCUT2D eigenvalue weighted by Crippen LogP contribution is -2.37. The maximum atomic E-state index is 13.9. The third kappa shape index (κ3) is 3.63. The van der Waals surface area contributed by atoms with Crippen LogP contribution in [-0.4, -0.2) is 33.7 Å². The number of quaternary nitrogens is 1. The molecule has 9 heteroatoms. The molecule has 1 unspecified atom stereocenters. The van der Waals surface area contributed by atoms with Crippen molar-refractivity contribution in [1.29, 1.82) is 0 Å². The van der Waals surface area contributed by atoms with Crippen LogP contribution in [0.1, 0.15) is 22.9 Å². The number of aromatic amines is 1. The summed E-state index contributed by atoms with van der Waals surface area (Å²) in [5, 5.41) is 14.0. The van der Waals surface area contributed by atoms with Gasteiger partial charge in [0.25, 0.3) is 0 Å². The largest absolute Gasteiger partial charge is 0.419 e. The van der Waals surface area contributed by atoms with E-state index < -0.39 is 23.8 Å². The molecule has 5 nitrogen and oxygen atoms in total. The zero-order valence-corrected chi connectivity index (χ0v) is 17.8. The van der Waals surface area contributed by atoms with E-state index in [0.29, 0.717) is 29.1 Å². The molecular formula is C24H21F4N4O+. The molecule has 170 valence electrons. The van der Waals surface area contributed by atoms with Crippen molar-refractivity contribution in [2.75, 3.05) is 19.4 Å². The monoisotopic (exact) mass is 457 g/mol. The van der Waals surface area contributed by atoms with Gasteiger partial charge in [-0.1, -0.05) is 12.1 Å². The summed E-state index contributed by atoms with van der Waals surface area (Å²) in [6.45, 7) is 0.558. The van der Waals surface area contributed by atoms with Gasteiger partial charge in [0.05, 0.1) is 36.6 Å². The number of halogens is 4. The number of alkyl halides is 3. The third-order valence-electron chi connectivity index (χ3n) is 6.07. The fourth-order valence-corrected chi connectivity index (χ4v) is 4.38. The second-order valence-electron chi connectivity index (χ2n) is 8.81. The van der Waals surface area contributed by atoms with Crippen molar-refractivity contribution in [3.8, 4) is 11.3 Å². The first-order valence-corrected chi connectivity index (χ1v) is 10.3. The highest BCUT2D eigenvalue weighted by molar-refractivity contribution is 5.97. The molecule has 0 radical (unpaired) electrons. The minimum atomic E-state index is -4.65. The van der Waals surface area contributed by atoms with Gasteiger partial charge in [-0.3, -0.25) is 4.48 Å². The highest BCUT2D eigenvalue weighted by Gasteiger charge is 2.40. The Hall–Kier alpha value is -3.43. The molecule has 3 N–H and O–H groups in total. The molecule has 4 aromatic rings. The van der Waals surface area contributed by atoms with Crippen LogP contribution in [0.15, 0.2) is 54.7 Å². The number of benzene rings is 2. The lowest BCUT2D eigenvalue weighted by molar-refractivity contribution is -0.948. The molecule has 0 saturated heterocycles. The van der Waals surface area contributed by atoms with E-state index in [4.69, 9.17) is 0 Å². The van der Waals surface area contributed by atoms with Crippen LogP contribution in [0.2, 0.25) is 0 Å². The zero-order chi connectivity index (χ0) is 23.5. The standard InChI is InChI=1S/C24H21F4N4O/c1-32(2)12-14-4-3-5-18(20(14)23(32)33)30-21-16-10-19(13-6-8-15(25)9-7-13)31-22(16)29-11-17(21)24(26,27)28/h3-11,23,33H,12H2,1-2H3,(H2,29,30,31)/q+1. The average molecular weight is 457 g/mol. The van der Waals surface area contributed by atoms with Gasteiger partial charge in [-0.2, -0.15) is 13.2 Å². The summed E-state index contributed by atoms with van der Waals surface area (Å²) in [4.78, 5) is 7.00. The van der Waals surface area contributed by atoms with Gasteiger partial charge in [0.1, 0.15) is 18.0 Å². The average Bonchev–Trinajstić information content (AvgIpc) is 3.27. The molecule has 0 fully saturated rings. The van der Waals surface area contributed by atoms with E-state index >= 15 is 0 Å². The highest BCUT2D eigenvalue weighted by Crippen LogP contribution is 2.44. The summed E-state index contributed by atoms with van der Waals surface area (Å²) in [5.74, 6) is -0.410. The van der Waals surface area contributed by atoms with Crippen molar-refractivity contribution in [2.45, 2.75) is 18.9 Å². The van der Waals surface area contributed by atoms with Gasteiger partial charge < -0.3 is 15.4 Å². The number of aliphatic hydroxyl groups excluding tert-OH is 1. The van der Waals surface area contributed by atoms with Gasteiger partial charge in [-0.05, 0) is 42.0 Å². The Labute approximate surface area is 186 Å². The first-order chi connectivity index (χ1) is 15.5. The van der Waals surface area contributed by atoms with E-state index in [-0.39, 0.29) is 21.2 Å². The molecule has 2 aromatic heterocycles. The minimum Gasteiger partial charge on any atom is -0.354 e. The summed E-state index contributed by atoms with van der Waals surface area (Å²) in [6, 6.07) is 12.5.